The molecule has 4 nitrogen and oxygen atoms in total. The smallest absolute Gasteiger partial charge is 0.381 e. The molecule has 0 unspecified atom stereocenters. The van der Waals surface area contributed by atoms with E-state index in [0.29, 0.717) is 0 Å². The minimum atomic E-state index is -4.50. The monoisotopic (exact) mass is 396 g/mol. The molecule has 4 rings (SSSR count). The van der Waals surface area contributed by atoms with E-state index < -0.39 is 21.6 Å². The zero-order chi connectivity index (χ0) is 19.2. The van der Waals surface area contributed by atoms with Gasteiger partial charge in [-0.15, -0.1) is 0 Å². The first-order valence-corrected chi connectivity index (χ1v) is 10.3. The van der Waals surface area contributed by atoms with Crippen LogP contribution in [0.5, 0.6) is 0 Å². The van der Waals surface area contributed by atoms with E-state index in [1.165, 1.54) is 6.07 Å². The van der Waals surface area contributed by atoms with Gasteiger partial charge in [-0.05, 0) is 74.0 Å². The highest BCUT2D eigenvalue weighted by atomic mass is 32.2. The Morgan fingerprint density at radius 2 is 1.59 bits per heavy atom. The lowest BCUT2D eigenvalue weighted by molar-refractivity contribution is -0.137. The first kappa shape index (κ1) is 18.3. The fraction of sp³-hybridized carbons (Fsp3) is 0.368. The third-order valence-electron chi connectivity index (χ3n) is 5.32. The van der Waals surface area contributed by atoms with E-state index in [-0.39, 0.29) is 21.8 Å². The Bertz CT molecular complexity index is 956. The Kier molecular flexibility index (Phi) is 4.43. The van der Waals surface area contributed by atoms with Crippen molar-refractivity contribution in [2.75, 3.05) is 18.4 Å². The SMILES string of the molecule is O=S(=O)(c1ccc(C(F)(F)F)cc1)c1ccc2c(c1)[C@H]1CCNCC[C@@H]1N2. The van der Waals surface area contributed by atoms with E-state index in [1.54, 1.807) is 12.1 Å². The first-order valence-electron chi connectivity index (χ1n) is 8.80. The van der Waals surface area contributed by atoms with Crippen LogP contribution in [-0.2, 0) is 16.0 Å². The molecule has 0 bridgehead atoms. The minimum absolute atomic E-state index is 0.112. The van der Waals surface area contributed by atoms with Crippen molar-refractivity contribution in [3.63, 3.8) is 0 Å². The maximum atomic E-state index is 12.9. The number of anilines is 1. The molecular weight excluding hydrogens is 377 g/mol. The predicted molar refractivity (Wildman–Crippen MR) is 95.6 cm³/mol. The lowest BCUT2D eigenvalue weighted by Crippen LogP contribution is -2.21. The van der Waals surface area contributed by atoms with Crippen molar-refractivity contribution in [3.8, 4) is 0 Å². The summed E-state index contributed by atoms with van der Waals surface area (Å²) in [7, 11) is -3.88. The molecule has 0 saturated carbocycles. The molecule has 2 atom stereocenters. The number of alkyl halides is 3. The number of nitrogens with one attached hydrogen (secondary N) is 2. The molecule has 0 amide bonds. The van der Waals surface area contributed by atoms with Crippen molar-refractivity contribution in [1.29, 1.82) is 0 Å². The summed E-state index contributed by atoms with van der Waals surface area (Å²) in [4.78, 5) is -0.0267. The summed E-state index contributed by atoms with van der Waals surface area (Å²) >= 11 is 0. The molecule has 2 aromatic carbocycles. The molecule has 2 heterocycles. The lowest BCUT2D eigenvalue weighted by atomic mass is 9.91. The van der Waals surface area contributed by atoms with Gasteiger partial charge in [0.15, 0.2) is 0 Å². The lowest BCUT2D eigenvalue weighted by Gasteiger charge is -2.16. The number of rotatable bonds is 2. The Balaban J connectivity index is 1.68. The highest BCUT2D eigenvalue weighted by molar-refractivity contribution is 7.91. The molecular formula is C19H19F3N2O2S. The highest BCUT2D eigenvalue weighted by Crippen LogP contribution is 2.41. The molecule has 8 heteroatoms. The van der Waals surface area contributed by atoms with E-state index in [2.05, 4.69) is 10.6 Å². The van der Waals surface area contributed by atoms with E-state index in [1.807, 2.05) is 0 Å². The van der Waals surface area contributed by atoms with Crippen molar-refractivity contribution >= 4 is 15.5 Å². The van der Waals surface area contributed by atoms with Gasteiger partial charge in [-0.3, -0.25) is 0 Å². The molecule has 0 aromatic heterocycles. The van der Waals surface area contributed by atoms with E-state index in [9.17, 15) is 21.6 Å². The maximum absolute atomic E-state index is 12.9. The molecule has 2 N–H and O–H groups in total. The van der Waals surface area contributed by atoms with E-state index in [0.717, 1.165) is 61.4 Å². The molecule has 1 saturated heterocycles. The fourth-order valence-corrected chi connectivity index (χ4v) is 5.19. The third-order valence-corrected chi connectivity index (χ3v) is 7.08. The number of benzene rings is 2. The average molecular weight is 396 g/mol. The van der Waals surface area contributed by atoms with Gasteiger partial charge < -0.3 is 10.6 Å². The van der Waals surface area contributed by atoms with Gasteiger partial charge in [-0.25, -0.2) is 8.42 Å². The molecule has 2 aliphatic heterocycles. The normalized spacial score (nSPS) is 22.5. The van der Waals surface area contributed by atoms with Crippen LogP contribution in [0.4, 0.5) is 18.9 Å². The Morgan fingerprint density at radius 1 is 0.926 bits per heavy atom. The number of hydrogen-bond donors (Lipinski definition) is 2. The van der Waals surface area contributed by atoms with Gasteiger partial charge in [0.25, 0.3) is 0 Å². The summed E-state index contributed by atoms with van der Waals surface area (Å²) in [5.41, 5.74) is 1.04. The van der Waals surface area contributed by atoms with Crippen molar-refractivity contribution in [2.45, 2.75) is 40.8 Å². The molecule has 0 spiro atoms. The predicted octanol–water partition coefficient (Wildman–Crippen LogP) is 3.80. The second-order valence-corrected chi connectivity index (χ2v) is 8.91. The summed E-state index contributed by atoms with van der Waals surface area (Å²) in [6.45, 7) is 1.79. The first-order chi connectivity index (χ1) is 12.8. The maximum Gasteiger partial charge on any atom is 0.416 e. The van der Waals surface area contributed by atoms with Gasteiger partial charge in [0, 0.05) is 17.6 Å². The minimum Gasteiger partial charge on any atom is -0.381 e. The fourth-order valence-electron chi connectivity index (χ4n) is 3.89. The standard InChI is InChI=1S/C19H19F3N2O2S/c20-19(21,22)12-1-3-13(4-2-12)27(25,26)14-5-6-17-16(11-14)15-7-9-23-10-8-18(15)24-17/h1-6,11,15,18,23-24H,7-10H2/t15-,18+/m1/s1. The average Bonchev–Trinajstić information content (AvgIpc) is 2.81. The van der Waals surface area contributed by atoms with Crippen molar-refractivity contribution < 1.29 is 21.6 Å². The molecule has 0 radical (unpaired) electrons. The second-order valence-electron chi connectivity index (χ2n) is 6.96. The van der Waals surface area contributed by atoms with Crippen molar-refractivity contribution in [1.82, 2.24) is 5.32 Å². The molecule has 144 valence electrons. The van der Waals surface area contributed by atoms with Gasteiger partial charge >= 0.3 is 6.18 Å². The largest absolute Gasteiger partial charge is 0.416 e. The molecule has 27 heavy (non-hydrogen) atoms. The summed E-state index contributed by atoms with van der Waals surface area (Å²) in [5, 5.41) is 6.80. The van der Waals surface area contributed by atoms with Crippen LogP contribution in [0.15, 0.2) is 52.3 Å². The Hall–Kier alpha value is -2.06. The molecule has 0 aliphatic carbocycles. The number of hydrogen-bond acceptors (Lipinski definition) is 4. The Labute approximate surface area is 155 Å². The summed E-state index contributed by atoms with van der Waals surface area (Å²) in [6.07, 6.45) is -2.63. The van der Waals surface area contributed by atoms with Crippen LogP contribution in [0.3, 0.4) is 0 Å². The van der Waals surface area contributed by atoms with Crippen LogP contribution < -0.4 is 10.6 Å². The Morgan fingerprint density at radius 3 is 2.30 bits per heavy atom. The van der Waals surface area contributed by atoms with Crippen LogP contribution >= 0.6 is 0 Å². The molecule has 2 aliphatic rings. The van der Waals surface area contributed by atoms with Crippen molar-refractivity contribution in [2.24, 2.45) is 0 Å². The van der Waals surface area contributed by atoms with Crippen LogP contribution in [-0.4, -0.2) is 27.5 Å². The van der Waals surface area contributed by atoms with Crippen LogP contribution in [0.1, 0.15) is 29.9 Å². The van der Waals surface area contributed by atoms with Crippen molar-refractivity contribution in [3.05, 3.63) is 53.6 Å². The zero-order valence-corrected chi connectivity index (χ0v) is 15.2. The van der Waals surface area contributed by atoms with Gasteiger partial charge in [0.05, 0.1) is 15.4 Å². The number of sulfone groups is 1. The van der Waals surface area contributed by atoms with Gasteiger partial charge in [0.2, 0.25) is 9.84 Å². The van der Waals surface area contributed by atoms with E-state index >= 15 is 0 Å². The van der Waals surface area contributed by atoms with Crippen LogP contribution in [0.2, 0.25) is 0 Å². The van der Waals surface area contributed by atoms with Gasteiger partial charge in [-0.1, -0.05) is 0 Å². The van der Waals surface area contributed by atoms with Crippen LogP contribution in [0.25, 0.3) is 0 Å². The van der Waals surface area contributed by atoms with Gasteiger partial charge in [-0.2, -0.15) is 13.2 Å². The topological polar surface area (TPSA) is 58.2 Å². The summed E-state index contributed by atoms with van der Waals surface area (Å²) < 4.78 is 64.0. The third kappa shape index (κ3) is 3.32. The highest BCUT2D eigenvalue weighted by Gasteiger charge is 2.34. The molecule has 2 aromatic rings. The number of fused-ring (bicyclic) bond motifs is 3. The molecule has 1 fully saturated rings. The second kappa shape index (κ2) is 6.53. The number of halogens is 3. The van der Waals surface area contributed by atoms with E-state index in [4.69, 9.17) is 0 Å². The summed E-state index contributed by atoms with van der Waals surface area (Å²) in [6, 6.07) is 8.86. The van der Waals surface area contributed by atoms with Crippen LogP contribution in [0, 0.1) is 0 Å². The van der Waals surface area contributed by atoms with Gasteiger partial charge in [0.1, 0.15) is 0 Å². The zero-order valence-electron chi connectivity index (χ0n) is 14.4. The quantitative estimate of drug-likeness (QED) is 0.811. The summed E-state index contributed by atoms with van der Waals surface area (Å²) in [5.74, 6) is 0.234.